The molecule has 2 heteroatoms. The second-order valence-electron chi connectivity index (χ2n) is 5.96. The molecule has 0 radical (unpaired) electrons. The zero-order valence-electron chi connectivity index (χ0n) is 11.7. The highest BCUT2D eigenvalue weighted by molar-refractivity contribution is 4.81. The molecule has 0 aliphatic heterocycles. The van der Waals surface area contributed by atoms with Crippen LogP contribution in [0.5, 0.6) is 0 Å². The van der Waals surface area contributed by atoms with Gasteiger partial charge in [-0.15, -0.1) is 0 Å². The second-order valence-corrected chi connectivity index (χ2v) is 5.96. The highest BCUT2D eigenvalue weighted by atomic mass is 15.2. The van der Waals surface area contributed by atoms with Crippen LogP contribution < -0.4 is 5.32 Å². The van der Waals surface area contributed by atoms with Crippen LogP contribution in [0, 0.1) is 5.92 Å². The van der Waals surface area contributed by atoms with Crippen LogP contribution in [0.15, 0.2) is 0 Å². The minimum atomic E-state index is 0.242. The van der Waals surface area contributed by atoms with Crippen LogP contribution in [0.25, 0.3) is 0 Å². The number of hydrogen-bond acceptors (Lipinski definition) is 2. The molecule has 0 bridgehead atoms. The molecule has 0 fully saturated rings. The standard InChI is InChI=1S/C13H30N2/c1-11(2)8-9-12(3)14-10-13(4,5)15(6)7/h11-12,14H,8-10H2,1-7H3. The summed E-state index contributed by atoms with van der Waals surface area (Å²) in [5.41, 5.74) is 0.242. The van der Waals surface area contributed by atoms with E-state index in [2.05, 4.69) is 58.9 Å². The van der Waals surface area contributed by atoms with E-state index < -0.39 is 0 Å². The fraction of sp³-hybridized carbons (Fsp3) is 1.00. The van der Waals surface area contributed by atoms with Gasteiger partial charge in [-0.25, -0.2) is 0 Å². The molecule has 0 aliphatic carbocycles. The van der Waals surface area contributed by atoms with Gasteiger partial charge >= 0.3 is 0 Å². The van der Waals surface area contributed by atoms with E-state index >= 15 is 0 Å². The van der Waals surface area contributed by atoms with Crippen molar-refractivity contribution in [3.05, 3.63) is 0 Å². The Labute approximate surface area is 96.4 Å². The summed E-state index contributed by atoms with van der Waals surface area (Å²) in [6, 6.07) is 0.631. The molecule has 0 aromatic heterocycles. The molecule has 0 aliphatic rings. The van der Waals surface area contributed by atoms with Gasteiger partial charge in [-0.3, -0.25) is 0 Å². The van der Waals surface area contributed by atoms with E-state index in [9.17, 15) is 0 Å². The molecule has 2 nitrogen and oxygen atoms in total. The highest BCUT2D eigenvalue weighted by Crippen LogP contribution is 2.10. The molecular weight excluding hydrogens is 184 g/mol. The van der Waals surface area contributed by atoms with Crippen LogP contribution in [0.1, 0.15) is 47.5 Å². The van der Waals surface area contributed by atoms with E-state index in [0.29, 0.717) is 6.04 Å². The lowest BCUT2D eigenvalue weighted by Crippen LogP contribution is -2.48. The summed E-state index contributed by atoms with van der Waals surface area (Å²) in [7, 11) is 4.28. The molecular formula is C13H30N2. The normalized spacial score (nSPS) is 15.0. The van der Waals surface area contributed by atoms with Crippen LogP contribution in [0.2, 0.25) is 0 Å². The van der Waals surface area contributed by atoms with Crippen LogP contribution in [0.3, 0.4) is 0 Å². The first-order valence-electron chi connectivity index (χ1n) is 6.16. The maximum absolute atomic E-state index is 3.62. The van der Waals surface area contributed by atoms with Crippen LogP contribution in [0.4, 0.5) is 0 Å². The average molecular weight is 214 g/mol. The summed E-state index contributed by atoms with van der Waals surface area (Å²) >= 11 is 0. The number of nitrogens with one attached hydrogen (secondary N) is 1. The van der Waals surface area contributed by atoms with E-state index in [0.717, 1.165) is 12.5 Å². The molecule has 1 unspecified atom stereocenters. The van der Waals surface area contributed by atoms with E-state index in [1.54, 1.807) is 0 Å². The lowest BCUT2D eigenvalue weighted by atomic mass is 10.0. The number of hydrogen-bond donors (Lipinski definition) is 1. The van der Waals surface area contributed by atoms with Crippen molar-refractivity contribution in [2.75, 3.05) is 20.6 Å². The molecule has 0 amide bonds. The summed E-state index contributed by atoms with van der Waals surface area (Å²) in [4.78, 5) is 2.27. The molecule has 0 saturated carbocycles. The van der Waals surface area contributed by atoms with E-state index in [-0.39, 0.29) is 5.54 Å². The monoisotopic (exact) mass is 214 g/mol. The lowest BCUT2D eigenvalue weighted by Gasteiger charge is -2.34. The molecule has 1 atom stereocenters. The Hall–Kier alpha value is -0.0800. The molecule has 1 N–H and O–H groups in total. The Kier molecular flexibility index (Phi) is 6.46. The Morgan fingerprint density at radius 3 is 2.00 bits per heavy atom. The first-order valence-corrected chi connectivity index (χ1v) is 6.16. The third-order valence-corrected chi connectivity index (χ3v) is 3.27. The van der Waals surface area contributed by atoms with Crippen molar-refractivity contribution >= 4 is 0 Å². The van der Waals surface area contributed by atoms with Crippen molar-refractivity contribution in [1.82, 2.24) is 10.2 Å². The van der Waals surface area contributed by atoms with Gasteiger partial charge in [0.25, 0.3) is 0 Å². The van der Waals surface area contributed by atoms with Crippen molar-refractivity contribution in [2.45, 2.75) is 59.0 Å². The summed E-state index contributed by atoms with van der Waals surface area (Å²) in [6.07, 6.45) is 2.59. The summed E-state index contributed by atoms with van der Waals surface area (Å²) < 4.78 is 0. The first kappa shape index (κ1) is 14.9. The lowest BCUT2D eigenvalue weighted by molar-refractivity contribution is 0.184. The van der Waals surface area contributed by atoms with Crippen molar-refractivity contribution < 1.29 is 0 Å². The Morgan fingerprint density at radius 1 is 1.07 bits per heavy atom. The molecule has 0 aromatic carbocycles. The molecule has 92 valence electrons. The molecule has 0 rings (SSSR count). The Morgan fingerprint density at radius 2 is 1.60 bits per heavy atom. The van der Waals surface area contributed by atoms with Crippen LogP contribution >= 0.6 is 0 Å². The quantitative estimate of drug-likeness (QED) is 0.701. The maximum Gasteiger partial charge on any atom is 0.0271 e. The van der Waals surface area contributed by atoms with Gasteiger partial charge in [0, 0.05) is 18.1 Å². The smallest absolute Gasteiger partial charge is 0.0271 e. The van der Waals surface area contributed by atoms with Gasteiger partial charge in [0.05, 0.1) is 0 Å². The van der Waals surface area contributed by atoms with Gasteiger partial charge in [0.15, 0.2) is 0 Å². The fourth-order valence-electron chi connectivity index (χ4n) is 1.27. The topological polar surface area (TPSA) is 15.3 Å². The zero-order valence-corrected chi connectivity index (χ0v) is 11.7. The Balaban J connectivity index is 3.75. The van der Waals surface area contributed by atoms with Crippen molar-refractivity contribution in [2.24, 2.45) is 5.92 Å². The van der Waals surface area contributed by atoms with Crippen molar-refractivity contribution in [3.63, 3.8) is 0 Å². The number of rotatable bonds is 7. The molecule has 0 spiro atoms. The SMILES string of the molecule is CC(C)CCC(C)NCC(C)(C)N(C)C. The molecule has 0 saturated heterocycles. The predicted molar refractivity (Wildman–Crippen MR) is 69.3 cm³/mol. The van der Waals surface area contributed by atoms with Crippen LogP contribution in [-0.4, -0.2) is 37.1 Å². The summed E-state index contributed by atoms with van der Waals surface area (Å²) in [6.45, 7) is 12.5. The molecule has 15 heavy (non-hydrogen) atoms. The van der Waals surface area contributed by atoms with E-state index in [4.69, 9.17) is 0 Å². The van der Waals surface area contributed by atoms with E-state index in [1.807, 2.05) is 0 Å². The van der Waals surface area contributed by atoms with Gasteiger partial charge in [-0.1, -0.05) is 13.8 Å². The van der Waals surface area contributed by atoms with Gasteiger partial charge in [-0.05, 0) is 53.6 Å². The van der Waals surface area contributed by atoms with Crippen LogP contribution in [-0.2, 0) is 0 Å². The van der Waals surface area contributed by atoms with Gasteiger partial charge in [-0.2, -0.15) is 0 Å². The minimum absolute atomic E-state index is 0.242. The minimum Gasteiger partial charge on any atom is -0.312 e. The zero-order chi connectivity index (χ0) is 12.1. The van der Waals surface area contributed by atoms with Crippen molar-refractivity contribution in [1.29, 1.82) is 0 Å². The summed E-state index contributed by atoms with van der Waals surface area (Å²) in [5, 5.41) is 3.62. The number of likely N-dealkylation sites (N-methyl/N-ethyl adjacent to an activating group) is 1. The third kappa shape index (κ3) is 6.91. The maximum atomic E-state index is 3.62. The fourth-order valence-corrected chi connectivity index (χ4v) is 1.27. The summed E-state index contributed by atoms with van der Waals surface area (Å²) in [5.74, 6) is 0.816. The number of nitrogens with zero attached hydrogens (tertiary/aromatic N) is 1. The predicted octanol–water partition coefficient (Wildman–Crippen LogP) is 2.74. The Bertz CT molecular complexity index is 162. The van der Waals surface area contributed by atoms with Gasteiger partial charge in [0.1, 0.15) is 0 Å². The third-order valence-electron chi connectivity index (χ3n) is 3.27. The van der Waals surface area contributed by atoms with Gasteiger partial charge < -0.3 is 10.2 Å². The second kappa shape index (κ2) is 6.49. The largest absolute Gasteiger partial charge is 0.312 e. The van der Waals surface area contributed by atoms with Gasteiger partial charge in [0.2, 0.25) is 0 Å². The van der Waals surface area contributed by atoms with Crippen molar-refractivity contribution in [3.8, 4) is 0 Å². The molecule has 0 aromatic rings. The first-order chi connectivity index (χ1) is 6.75. The average Bonchev–Trinajstić information content (AvgIpc) is 2.11. The molecule has 0 heterocycles. The highest BCUT2D eigenvalue weighted by Gasteiger charge is 2.20. The van der Waals surface area contributed by atoms with E-state index in [1.165, 1.54) is 12.8 Å².